The Kier molecular flexibility index (Phi) is 3.06. The van der Waals surface area contributed by atoms with Gasteiger partial charge in [-0.25, -0.2) is 0 Å². The molecule has 0 fully saturated rings. The highest BCUT2D eigenvalue weighted by atomic mass is 16.7. The lowest BCUT2D eigenvalue weighted by molar-refractivity contribution is 0.102. The fraction of sp³-hybridized carbons (Fsp3) is 0.286. The van der Waals surface area contributed by atoms with E-state index < -0.39 is 0 Å². The van der Waals surface area contributed by atoms with E-state index in [-0.39, 0.29) is 12.7 Å². The van der Waals surface area contributed by atoms with Crippen LogP contribution >= 0.6 is 0 Å². The van der Waals surface area contributed by atoms with Gasteiger partial charge in [0.15, 0.2) is 11.5 Å². The molecule has 1 N–H and O–H groups in total. The number of aryl methyl sites for hydroxylation is 2. The van der Waals surface area contributed by atoms with E-state index in [0.717, 1.165) is 0 Å². The molecule has 0 spiro atoms. The number of anilines is 1. The fourth-order valence-corrected chi connectivity index (χ4v) is 2.12. The van der Waals surface area contributed by atoms with Gasteiger partial charge in [0.2, 0.25) is 6.79 Å². The van der Waals surface area contributed by atoms with Crippen LogP contribution in [0.2, 0.25) is 0 Å². The van der Waals surface area contributed by atoms with Gasteiger partial charge < -0.3 is 19.3 Å². The Bertz CT molecular complexity index is 663. The number of carbonyl (C=O) groups is 1. The molecule has 0 bridgehead atoms. The van der Waals surface area contributed by atoms with Gasteiger partial charge in [0.25, 0.3) is 5.91 Å². The summed E-state index contributed by atoms with van der Waals surface area (Å²) in [6.45, 7) is 3.85. The van der Waals surface area contributed by atoms with Gasteiger partial charge in [0, 0.05) is 11.8 Å². The van der Waals surface area contributed by atoms with Gasteiger partial charge in [-0.15, -0.1) is 0 Å². The Balaban J connectivity index is 1.84. The molecule has 3 rings (SSSR count). The lowest BCUT2D eigenvalue weighted by Crippen LogP contribution is -2.14. The van der Waals surface area contributed by atoms with Crippen molar-refractivity contribution >= 4 is 11.6 Å². The van der Waals surface area contributed by atoms with Crippen LogP contribution in [0.3, 0.4) is 0 Å². The molecule has 1 aliphatic heterocycles. The Morgan fingerprint density at radius 2 is 2.15 bits per heavy atom. The second kappa shape index (κ2) is 4.88. The average Bonchev–Trinajstić information content (AvgIpc) is 3.04. The van der Waals surface area contributed by atoms with Crippen molar-refractivity contribution < 1.29 is 18.8 Å². The molecule has 0 radical (unpaired) electrons. The molecule has 2 aromatic rings. The van der Waals surface area contributed by atoms with Gasteiger partial charge in [-0.2, -0.15) is 0 Å². The molecule has 20 heavy (non-hydrogen) atoms. The summed E-state index contributed by atoms with van der Waals surface area (Å²) in [7, 11) is 0. The third kappa shape index (κ3) is 2.09. The van der Waals surface area contributed by atoms with Crippen molar-refractivity contribution in [1.82, 2.24) is 5.16 Å². The Hall–Kier alpha value is -2.50. The maximum atomic E-state index is 12.3. The predicted octanol–water partition coefficient (Wildman–Crippen LogP) is 2.53. The number of nitrogens with zero attached hydrogens (tertiary/aromatic N) is 1. The number of amides is 1. The molecule has 1 aromatic carbocycles. The Labute approximate surface area is 115 Å². The van der Waals surface area contributed by atoms with Crippen molar-refractivity contribution in [1.29, 1.82) is 0 Å². The molecule has 2 heterocycles. The number of rotatable bonds is 3. The number of aromatic nitrogens is 1. The van der Waals surface area contributed by atoms with Crippen molar-refractivity contribution in [2.75, 3.05) is 12.1 Å². The van der Waals surface area contributed by atoms with Crippen molar-refractivity contribution in [3.8, 4) is 11.5 Å². The molecule has 0 unspecified atom stereocenters. The van der Waals surface area contributed by atoms with Crippen LogP contribution in [0.15, 0.2) is 22.7 Å². The van der Waals surface area contributed by atoms with Gasteiger partial charge in [0.05, 0.1) is 5.69 Å². The van der Waals surface area contributed by atoms with Gasteiger partial charge in [-0.3, -0.25) is 4.79 Å². The minimum absolute atomic E-state index is 0.206. The SMILES string of the molecule is CCc1noc(C)c1C(=O)Nc1ccc2c(c1)OCO2. The van der Waals surface area contributed by atoms with E-state index in [9.17, 15) is 4.79 Å². The topological polar surface area (TPSA) is 73.6 Å². The monoisotopic (exact) mass is 274 g/mol. The number of benzene rings is 1. The van der Waals surface area contributed by atoms with E-state index >= 15 is 0 Å². The summed E-state index contributed by atoms with van der Waals surface area (Å²) < 4.78 is 15.6. The number of fused-ring (bicyclic) bond motifs is 1. The zero-order valence-electron chi connectivity index (χ0n) is 11.2. The molecule has 0 aliphatic carbocycles. The predicted molar refractivity (Wildman–Crippen MR) is 71.1 cm³/mol. The number of carbonyl (C=O) groups excluding carboxylic acids is 1. The minimum atomic E-state index is -0.237. The van der Waals surface area contributed by atoms with Crippen molar-refractivity contribution in [2.45, 2.75) is 20.3 Å². The molecular formula is C14H14N2O4. The molecule has 1 aliphatic rings. The van der Waals surface area contributed by atoms with Crippen LogP contribution in [0.4, 0.5) is 5.69 Å². The van der Waals surface area contributed by atoms with E-state index in [4.69, 9.17) is 14.0 Å². The largest absolute Gasteiger partial charge is 0.454 e. The molecule has 1 aromatic heterocycles. The van der Waals surface area contributed by atoms with Crippen LogP contribution in [-0.2, 0) is 6.42 Å². The smallest absolute Gasteiger partial charge is 0.261 e. The third-order valence-corrected chi connectivity index (χ3v) is 3.13. The second-order valence-electron chi connectivity index (χ2n) is 4.44. The van der Waals surface area contributed by atoms with Crippen LogP contribution in [0.25, 0.3) is 0 Å². The lowest BCUT2D eigenvalue weighted by Gasteiger charge is -2.06. The van der Waals surface area contributed by atoms with E-state index in [1.54, 1.807) is 25.1 Å². The normalized spacial score (nSPS) is 12.5. The summed E-state index contributed by atoms with van der Waals surface area (Å²) in [6, 6.07) is 5.26. The summed E-state index contributed by atoms with van der Waals surface area (Å²) in [5.41, 5.74) is 1.79. The number of hydrogen-bond donors (Lipinski definition) is 1. The highest BCUT2D eigenvalue weighted by Crippen LogP contribution is 2.34. The highest BCUT2D eigenvalue weighted by Gasteiger charge is 2.20. The zero-order chi connectivity index (χ0) is 14.1. The van der Waals surface area contributed by atoms with Gasteiger partial charge in [0.1, 0.15) is 11.3 Å². The maximum Gasteiger partial charge on any atom is 0.261 e. The van der Waals surface area contributed by atoms with Gasteiger partial charge in [-0.1, -0.05) is 12.1 Å². The van der Waals surface area contributed by atoms with Gasteiger partial charge >= 0.3 is 0 Å². The summed E-state index contributed by atoms with van der Waals surface area (Å²) in [6.07, 6.45) is 0.640. The van der Waals surface area contributed by atoms with Crippen molar-refractivity contribution in [2.24, 2.45) is 0 Å². The third-order valence-electron chi connectivity index (χ3n) is 3.13. The van der Waals surface area contributed by atoms with Crippen LogP contribution in [-0.4, -0.2) is 17.9 Å². The first-order valence-corrected chi connectivity index (χ1v) is 6.35. The lowest BCUT2D eigenvalue weighted by atomic mass is 10.1. The van der Waals surface area contributed by atoms with Crippen molar-refractivity contribution in [3.63, 3.8) is 0 Å². The van der Waals surface area contributed by atoms with E-state index in [0.29, 0.717) is 40.6 Å². The molecule has 0 saturated carbocycles. The maximum absolute atomic E-state index is 12.3. The number of hydrogen-bond acceptors (Lipinski definition) is 5. The molecule has 0 atom stereocenters. The summed E-state index contributed by atoms with van der Waals surface area (Å²) in [4.78, 5) is 12.3. The summed E-state index contributed by atoms with van der Waals surface area (Å²) in [5, 5.41) is 6.69. The van der Waals surface area contributed by atoms with E-state index in [1.165, 1.54) is 0 Å². The van der Waals surface area contributed by atoms with Crippen LogP contribution in [0.5, 0.6) is 11.5 Å². The molecular weight excluding hydrogens is 260 g/mol. The average molecular weight is 274 g/mol. The Morgan fingerprint density at radius 3 is 2.95 bits per heavy atom. The first-order valence-electron chi connectivity index (χ1n) is 6.35. The minimum Gasteiger partial charge on any atom is -0.454 e. The standard InChI is InChI=1S/C14H14N2O4/c1-3-10-13(8(2)20-16-10)14(17)15-9-4-5-11-12(6-9)19-7-18-11/h4-6H,3,7H2,1-2H3,(H,15,17). The number of ether oxygens (including phenoxy) is 2. The first-order chi connectivity index (χ1) is 9.69. The van der Waals surface area contributed by atoms with Crippen LogP contribution in [0.1, 0.15) is 28.7 Å². The molecule has 0 saturated heterocycles. The molecule has 1 amide bonds. The first kappa shape index (κ1) is 12.5. The van der Waals surface area contributed by atoms with Crippen molar-refractivity contribution in [3.05, 3.63) is 35.2 Å². The number of nitrogens with one attached hydrogen (secondary N) is 1. The summed E-state index contributed by atoms with van der Waals surface area (Å²) >= 11 is 0. The van der Waals surface area contributed by atoms with Gasteiger partial charge in [-0.05, 0) is 25.5 Å². The van der Waals surface area contributed by atoms with E-state index in [1.807, 2.05) is 6.92 Å². The van der Waals surface area contributed by atoms with Crippen LogP contribution < -0.4 is 14.8 Å². The van der Waals surface area contributed by atoms with E-state index in [2.05, 4.69) is 10.5 Å². The zero-order valence-corrected chi connectivity index (χ0v) is 11.2. The Morgan fingerprint density at radius 1 is 1.35 bits per heavy atom. The fourth-order valence-electron chi connectivity index (χ4n) is 2.12. The second-order valence-corrected chi connectivity index (χ2v) is 4.44. The van der Waals surface area contributed by atoms with Crippen LogP contribution in [0, 0.1) is 6.92 Å². The highest BCUT2D eigenvalue weighted by molar-refractivity contribution is 6.05. The quantitative estimate of drug-likeness (QED) is 0.931. The molecule has 104 valence electrons. The summed E-state index contributed by atoms with van der Waals surface area (Å²) in [5.74, 6) is 1.58. The molecule has 6 heteroatoms. The molecule has 6 nitrogen and oxygen atoms in total.